The summed E-state index contributed by atoms with van der Waals surface area (Å²) in [4.78, 5) is 33.0. The zero-order chi connectivity index (χ0) is 27.9. The number of nitrogens with zero attached hydrogens (tertiary/aromatic N) is 5. The Morgan fingerprint density at radius 2 is 1.90 bits per heavy atom. The maximum Gasteiger partial charge on any atom is 0.325 e. The van der Waals surface area contributed by atoms with Gasteiger partial charge in [-0.1, -0.05) is 6.08 Å². The molecule has 0 radical (unpaired) electrons. The number of nitrogens with one attached hydrogen (secondary N) is 1. The van der Waals surface area contributed by atoms with E-state index in [1.807, 2.05) is 54.7 Å². The van der Waals surface area contributed by atoms with Crippen molar-refractivity contribution in [2.75, 3.05) is 39.2 Å². The average molecular weight is 537 g/mol. The van der Waals surface area contributed by atoms with E-state index in [1.54, 1.807) is 18.9 Å². The second-order valence-corrected chi connectivity index (χ2v) is 10.7. The summed E-state index contributed by atoms with van der Waals surface area (Å²) in [7, 11) is 5.21. The Morgan fingerprint density at radius 3 is 2.51 bits per heavy atom. The Morgan fingerprint density at radius 1 is 1.15 bits per heavy atom. The Balaban J connectivity index is 1.41. The minimum Gasteiger partial charge on any atom is -0.497 e. The molecule has 39 heavy (non-hydrogen) atoms. The molecule has 210 valence electrons. The lowest BCUT2D eigenvalue weighted by atomic mass is 9.83. The first-order valence-electron chi connectivity index (χ1n) is 13.8. The molecule has 3 aliphatic rings. The van der Waals surface area contributed by atoms with Crippen LogP contribution in [0.2, 0.25) is 0 Å². The van der Waals surface area contributed by atoms with Gasteiger partial charge in [-0.15, -0.1) is 0 Å². The molecule has 1 aromatic carbocycles. The van der Waals surface area contributed by atoms with E-state index in [4.69, 9.17) is 9.47 Å². The SMILES string of the molecule is CCN1C(=O)N2Cc3cc(OC)cc(OC)c3CCC/C=C\2C12CCN(C(=O)Nc1c(C)nn(C)c1C)CC2. The molecule has 2 saturated heterocycles. The molecule has 0 atom stereocenters. The highest BCUT2D eigenvalue weighted by Crippen LogP contribution is 2.46. The predicted octanol–water partition coefficient (Wildman–Crippen LogP) is 4.60. The van der Waals surface area contributed by atoms with Crippen molar-refractivity contribution in [1.82, 2.24) is 24.5 Å². The van der Waals surface area contributed by atoms with Crippen molar-refractivity contribution in [3.63, 3.8) is 0 Å². The molecule has 5 rings (SSSR count). The van der Waals surface area contributed by atoms with Crippen LogP contribution in [0.5, 0.6) is 11.5 Å². The summed E-state index contributed by atoms with van der Waals surface area (Å²) in [5.74, 6) is 1.53. The number of amides is 4. The minimum atomic E-state index is -0.420. The highest BCUT2D eigenvalue weighted by Gasteiger charge is 2.54. The molecule has 1 aromatic heterocycles. The van der Waals surface area contributed by atoms with Crippen LogP contribution in [-0.2, 0) is 20.0 Å². The van der Waals surface area contributed by atoms with Crippen molar-refractivity contribution in [2.24, 2.45) is 7.05 Å². The second-order valence-electron chi connectivity index (χ2n) is 10.7. The van der Waals surface area contributed by atoms with E-state index < -0.39 is 5.54 Å². The fourth-order valence-corrected chi connectivity index (χ4v) is 6.55. The van der Waals surface area contributed by atoms with E-state index in [0.717, 1.165) is 64.7 Å². The normalized spacial score (nSPS) is 20.0. The van der Waals surface area contributed by atoms with Crippen molar-refractivity contribution in [2.45, 2.75) is 65.0 Å². The molecule has 10 nitrogen and oxygen atoms in total. The molecule has 10 heteroatoms. The van der Waals surface area contributed by atoms with Crippen LogP contribution in [0.15, 0.2) is 23.9 Å². The molecule has 4 amide bonds. The molecule has 1 N–H and O–H groups in total. The topological polar surface area (TPSA) is 92.2 Å². The fourth-order valence-electron chi connectivity index (χ4n) is 6.55. The number of urea groups is 2. The third kappa shape index (κ3) is 4.49. The van der Waals surface area contributed by atoms with Gasteiger partial charge in [-0.25, -0.2) is 9.59 Å². The Labute approximate surface area is 230 Å². The summed E-state index contributed by atoms with van der Waals surface area (Å²) in [5.41, 5.74) is 5.34. The molecule has 0 aliphatic carbocycles. The summed E-state index contributed by atoms with van der Waals surface area (Å²) < 4.78 is 13.0. The first-order valence-corrected chi connectivity index (χ1v) is 13.8. The minimum absolute atomic E-state index is 0.0258. The summed E-state index contributed by atoms with van der Waals surface area (Å²) in [6, 6.07) is 3.86. The van der Waals surface area contributed by atoms with Gasteiger partial charge in [-0.2, -0.15) is 5.10 Å². The van der Waals surface area contributed by atoms with Crippen LogP contribution >= 0.6 is 0 Å². The average Bonchev–Trinajstić information content (AvgIpc) is 3.33. The number of fused-ring (bicyclic) bond motifs is 3. The first-order chi connectivity index (χ1) is 18.7. The smallest absolute Gasteiger partial charge is 0.325 e. The summed E-state index contributed by atoms with van der Waals surface area (Å²) >= 11 is 0. The van der Waals surface area contributed by atoms with Gasteiger partial charge in [0, 0.05) is 38.4 Å². The first kappa shape index (κ1) is 26.9. The molecule has 3 aliphatic heterocycles. The number of methoxy groups -OCH3 is 2. The highest BCUT2D eigenvalue weighted by atomic mass is 16.5. The number of piperidine rings is 1. The monoisotopic (exact) mass is 536 g/mol. The maximum absolute atomic E-state index is 13.9. The van der Waals surface area contributed by atoms with E-state index >= 15 is 0 Å². The summed E-state index contributed by atoms with van der Waals surface area (Å²) in [5, 5.41) is 7.49. The van der Waals surface area contributed by atoms with Crippen molar-refractivity contribution in [1.29, 1.82) is 0 Å². The third-order valence-electron chi connectivity index (χ3n) is 8.71. The Kier molecular flexibility index (Phi) is 7.22. The van der Waals surface area contributed by atoms with Crippen LogP contribution in [0.3, 0.4) is 0 Å². The van der Waals surface area contributed by atoms with Gasteiger partial charge < -0.3 is 24.6 Å². The molecule has 0 unspecified atom stereocenters. The Bertz CT molecular complexity index is 1310. The standard InChI is InChI=1S/C29H40N6O4/c1-7-35-28(37)34-18-21-16-22(38-5)17-24(39-6)23(21)10-8-9-11-25(34)29(35)12-14-33(15-13-29)27(36)30-26-19(2)31-32(4)20(26)3/h11,16-17H,7-10,12-15,18H2,1-6H3,(H,30,36)/b25-11-. The molecule has 0 saturated carbocycles. The molecular weight excluding hydrogens is 496 g/mol. The number of rotatable bonds is 4. The molecule has 4 heterocycles. The van der Waals surface area contributed by atoms with Crippen LogP contribution in [0.25, 0.3) is 0 Å². The largest absolute Gasteiger partial charge is 0.497 e. The molecular formula is C29H40N6O4. The van der Waals surface area contributed by atoms with Gasteiger partial charge >= 0.3 is 12.1 Å². The lowest BCUT2D eigenvalue weighted by molar-refractivity contribution is 0.106. The number of anilines is 1. The molecule has 1 spiro atoms. The van der Waals surface area contributed by atoms with Crippen molar-refractivity contribution < 1.29 is 19.1 Å². The van der Waals surface area contributed by atoms with Gasteiger partial charge in [0.2, 0.25) is 0 Å². The molecule has 2 aromatic rings. The number of hydrogen-bond donors (Lipinski definition) is 1. The Hall–Kier alpha value is -3.69. The van der Waals surface area contributed by atoms with Crippen LogP contribution in [0.1, 0.15) is 55.1 Å². The van der Waals surface area contributed by atoms with Crippen LogP contribution < -0.4 is 14.8 Å². The fraction of sp³-hybridized carbons (Fsp3) is 0.552. The van der Waals surface area contributed by atoms with Gasteiger partial charge in [0.05, 0.1) is 43.4 Å². The number of ether oxygens (including phenoxy) is 2. The number of benzene rings is 1. The zero-order valence-electron chi connectivity index (χ0n) is 24.0. The molecule has 2 fully saturated rings. The van der Waals surface area contributed by atoms with E-state index in [-0.39, 0.29) is 12.1 Å². The van der Waals surface area contributed by atoms with Gasteiger partial charge in [0.15, 0.2) is 0 Å². The van der Waals surface area contributed by atoms with Crippen molar-refractivity contribution >= 4 is 17.7 Å². The van der Waals surface area contributed by atoms with Crippen molar-refractivity contribution in [3.8, 4) is 11.5 Å². The molecule has 0 bridgehead atoms. The number of carbonyl (C=O) groups excluding carboxylic acids is 2. The predicted molar refractivity (Wildman–Crippen MR) is 149 cm³/mol. The number of aromatic nitrogens is 2. The van der Waals surface area contributed by atoms with E-state index in [0.29, 0.717) is 39.0 Å². The lowest BCUT2D eigenvalue weighted by Gasteiger charge is -2.44. The summed E-state index contributed by atoms with van der Waals surface area (Å²) in [6.07, 6.45) is 6.36. The van der Waals surface area contributed by atoms with Gasteiger partial charge in [0.1, 0.15) is 11.5 Å². The van der Waals surface area contributed by atoms with E-state index in [9.17, 15) is 9.59 Å². The van der Waals surface area contributed by atoms with E-state index in [1.165, 1.54) is 0 Å². The maximum atomic E-state index is 13.9. The van der Waals surface area contributed by atoms with E-state index in [2.05, 4.69) is 16.5 Å². The number of likely N-dealkylation sites (N-methyl/N-ethyl adjacent to an activating group) is 1. The number of aryl methyl sites for hydroxylation is 2. The van der Waals surface area contributed by atoms with Gasteiger partial charge in [0.25, 0.3) is 0 Å². The highest BCUT2D eigenvalue weighted by molar-refractivity contribution is 5.91. The number of carbonyl (C=O) groups is 2. The van der Waals surface area contributed by atoms with Gasteiger partial charge in [-0.05, 0) is 70.1 Å². The van der Waals surface area contributed by atoms with Gasteiger partial charge in [-0.3, -0.25) is 9.58 Å². The number of likely N-dealkylation sites (tertiary alicyclic amines) is 1. The van der Waals surface area contributed by atoms with Crippen molar-refractivity contribution in [3.05, 3.63) is 46.4 Å². The van der Waals surface area contributed by atoms with Crippen LogP contribution in [0, 0.1) is 13.8 Å². The number of allylic oxidation sites excluding steroid dienone is 1. The second kappa shape index (κ2) is 10.5. The summed E-state index contributed by atoms with van der Waals surface area (Å²) in [6.45, 7) is 8.11. The lowest BCUT2D eigenvalue weighted by Crippen LogP contribution is -2.55. The zero-order valence-corrected chi connectivity index (χ0v) is 24.0. The number of hydrogen-bond acceptors (Lipinski definition) is 5. The van der Waals surface area contributed by atoms with Crippen LogP contribution in [-0.4, -0.2) is 75.9 Å². The van der Waals surface area contributed by atoms with Crippen LogP contribution in [0.4, 0.5) is 15.3 Å². The quantitative estimate of drug-likeness (QED) is 0.617. The third-order valence-corrected chi connectivity index (χ3v) is 8.71.